The smallest absolute Gasteiger partial charge is 0.169 e. The molecule has 0 unspecified atom stereocenters. The highest BCUT2D eigenvalue weighted by molar-refractivity contribution is 5.43. The predicted octanol–water partition coefficient (Wildman–Crippen LogP) is 3.73. The Morgan fingerprint density at radius 1 is 0.947 bits per heavy atom. The van der Waals surface area contributed by atoms with Crippen molar-refractivity contribution in [2.45, 2.75) is 19.9 Å². The third kappa shape index (κ3) is 3.73. The molecule has 3 nitrogen and oxygen atoms in total. The van der Waals surface area contributed by atoms with Gasteiger partial charge in [0, 0.05) is 6.54 Å². The summed E-state index contributed by atoms with van der Waals surface area (Å²) in [4.78, 5) is 0. The van der Waals surface area contributed by atoms with Crippen LogP contribution in [-0.4, -0.2) is 6.61 Å². The maximum Gasteiger partial charge on any atom is 0.169 e. The van der Waals surface area contributed by atoms with Crippen molar-refractivity contribution in [1.29, 1.82) is 0 Å². The van der Waals surface area contributed by atoms with Crippen LogP contribution in [0.3, 0.4) is 0 Å². The van der Waals surface area contributed by atoms with Crippen LogP contribution >= 0.6 is 0 Å². The molecule has 0 saturated carbocycles. The quantitative estimate of drug-likeness (QED) is 0.857. The zero-order valence-corrected chi connectivity index (χ0v) is 11.1. The zero-order valence-electron chi connectivity index (χ0n) is 11.1. The number of rotatable bonds is 6. The Hall–Kier alpha value is -2.00. The summed E-state index contributed by atoms with van der Waals surface area (Å²) in [5, 5.41) is 0. The molecular weight excluding hydrogens is 238 g/mol. The van der Waals surface area contributed by atoms with E-state index >= 15 is 0 Å². The monoisotopic (exact) mass is 257 g/mol. The number of para-hydroxylation sites is 2. The van der Waals surface area contributed by atoms with Gasteiger partial charge in [-0.05, 0) is 36.2 Å². The molecule has 0 aromatic heterocycles. The van der Waals surface area contributed by atoms with Crippen molar-refractivity contribution in [3.05, 3.63) is 54.1 Å². The van der Waals surface area contributed by atoms with Gasteiger partial charge in [-0.15, -0.1) is 0 Å². The fourth-order valence-corrected chi connectivity index (χ4v) is 1.69. The lowest BCUT2D eigenvalue weighted by atomic mass is 10.2. The third-order valence-electron chi connectivity index (χ3n) is 2.70. The normalized spacial score (nSPS) is 10.2. The lowest BCUT2D eigenvalue weighted by molar-refractivity contribution is 0.302. The maximum atomic E-state index is 5.84. The van der Waals surface area contributed by atoms with Gasteiger partial charge in [0.25, 0.3) is 0 Å². The Morgan fingerprint density at radius 3 is 2.26 bits per heavy atom. The molecule has 19 heavy (non-hydrogen) atoms. The number of hydrogen-bond donors (Lipinski definition) is 1. The van der Waals surface area contributed by atoms with Gasteiger partial charge in [-0.3, -0.25) is 0 Å². The van der Waals surface area contributed by atoms with Crippen LogP contribution in [-0.2, 0) is 6.54 Å². The van der Waals surface area contributed by atoms with Gasteiger partial charge in [0.2, 0.25) is 0 Å². The molecular formula is C16H19NO2. The molecule has 0 spiro atoms. The molecule has 2 aromatic carbocycles. The highest BCUT2D eigenvalue weighted by Crippen LogP contribution is 2.31. The summed E-state index contributed by atoms with van der Waals surface area (Å²) in [6, 6.07) is 15.5. The van der Waals surface area contributed by atoms with Crippen molar-refractivity contribution in [3.8, 4) is 17.2 Å². The van der Waals surface area contributed by atoms with Gasteiger partial charge in [0.15, 0.2) is 11.5 Å². The second-order valence-electron chi connectivity index (χ2n) is 4.25. The summed E-state index contributed by atoms with van der Waals surface area (Å²) in [6.07, 6.45) is 0.972. The first-order chi connectivity index (χ1) is 9.33. The van der Waals surface area contributed by atoms with Gasteiger partial charge in [-0.25, -0.2) is 0 Å². The largest absolute Gasteiger partial charge is 0.490 e. The van der Waals surface area contributed by atoms with E-state index in [0.29, 0.717) is 13.2 Å². The predicted molar refractivity (Wildman–Crippen MR) is 76.6 cm³/mol. The Labute approximate surface area is 114 Å². The molecule has 0 saturated heterocycles. The molecule has 0 radical (unpaired) electrons. The Bertz CT molecular complexity index is 508. The lowest BCUT2D eigenvalue weighted by Gasteiger charge is -2.12. The van der Waals surface area contributed by atoms with Gasteiger partial charge in [0.05, 0.1) is 6.61 Å². The molecule has 0 heterocycles. The summed E-state index contributed by atoms with van der Waals surface area (Å²) >= 11 is 0. The van der Waals surface area contributed by atoms with Crippen molar-refractivity contribution >= 4 is 0 Å². The fraction of sp³-hybridized carbons (Fsp3) is 0.250. The standard InChI is InChI=1S/C16H19NO2/c1-2-11-18-15-5-3-4-6-16(15)19-14-9-7-13(12-17)8-10-14/h3-10H,2,11-12,17H2,1H3. The first kappa shape index (κ1) is 13.4. The molecule has 0 aliphatic rings. The molecule has 100 valence electrons. The van der Waals surface area contributed by atoms with Crippen LogP contribution < -0.4 is 15.2 Å². The topological polar surface area (TPSA) is 44.5 Å². The van der Waals surface area contributed by atoms with E-state index in [1.807, 2.05) is 48.5 Å². The minimum Gasteiger partial charge on any atom is -0.490 e. The van der Waals surface area contributed by atoms with Gasteiger partial charge in [-0.1, -0.05) is 31.2 Å². The first-order valence-corrected chi connectivity index (χ1v) is 6.52. The van der Waals surface area contributed by atoms with Crippen LogP contribution in [0.1, 0.15) is 18.9 Å². The van der Waals surface area contributed by atoms with Crippen molar-refractivity contribution in [2.75, 3.05) is 6.61 Å². The van der Waals surface area contributed by atoms with Crippen molar-refractivity contribution < 1.29 is 9.47 Å². The number of nitrogens with two attached hydrogens (primary N) is 1. The molecule has 2 rings (SSSR count). The van der Waals surface area contributed by atoms with Gasteiger partial charge >= 0.3 is 0 Å². The van der Waals surface area contributed by atoms with Crippen LogP contribution in [0.4, 0.5) is 0 Å². The molecule has 0 fully saturated rings. The van der Waals surface area contributed by atoms with Gasteiger partial charge in [0.1, 0.15) is 5.75 Å². The molecule has 2 aromatic rings. The highest BCUT2D eigenvalue weighted by atomic mass is 16.5. The Balaban J connectivity index is 2.12. The molecule has 0 aliphatic heterocycles. The Morgan fingerprint density at radius 2 is 1.63 bits per heavy atom. The van der Waals surface area contributed by atoms with Crippen molar-refractivity contribution in [1.82, 2.24) is 0 Å². The van der Waals surface area contributed by atoms with E-state index in [4.69, 9.17) is 15.2 Å². The SMILES string of the molecule is CCCOc1ccccc1Oc1ccc(CN)cc1. The zero-order chi connectivity index (χ0) is 13.5. The molecule has 3 heteroatoms. The van der Waals surface area contributed by atoms with E-state index < -0.39 is 0 Å². The van der Waals surface area contributed by atoms with Crippen LogP contribution in [0.15, 0.2) is 48.5 Å². The number of benzene rings is 2. The van der Waals surface area contributed by atoms with Crippen LogP contribution in [0.2, 0.25) is 0 Å². The van der Waals surface area contributed by atoms with E-state index in [1.165, 1.54) is 0 Å². The van der Waals surface area contributed by atoms with Gasteiger partial charge < -0.3 is 15.2 Å². The van der Waals surface area contributed by atoms with E-state index in [2.05, 4.69) is 6.92 Å². The minimum absolute atomic E-state index is 0.538. The molecule has 0 bridgehead atoms. The second kappa shape index (κ2) is 6.81. The first-order valence-electron chi connectivity index (χ1n) is 6.52. The van der Waals surface area contributed by atoms with E-state index in [-0.39, 0.29) is 0 Å². The van der Waals surface area contributed by atoms with Gasteiger partial charge in [-0.2, -0.15) is 0 Å². The maximum absolute atomic E-state index is 5.84. The van der Waals surface area contributed by atoms with Crippen molar-refractivity contribution in [3.63, 3.8) is 0 Å². The lowest BCUT2D eigenvalue weighted by Crippen LogP contribution is -1.98. The molecule has 0 aliphatic carbocycles. The number of ether oxygens (including phenoxy) is 2. The molecule has 0 atom stereocenters. The highest BCUT2D eigenvalue weighted by Gasteiger charge is 2.05. The van der Waals surface area contributed by atoms with Crippen LogP contribution in [0.5, 0.6) is 17.2 Å². The summed E-state index contributed by atoms with van der Waals surface area (Å²) in [7, 11) is 0. The average Bonchev–Trinajstić information content (AvgIpc) is 2.47. The van der Waals surface area contributed by atoms with Crippen LogP contribution in [0.25, 0.3) is 0 Å². The van der Waals surface area contributed by atoms with E-state index in [0.717, 1.165) is 29.2 Å². The number of hydrogen-bond acceptors (Lipinski definition) is 3. The molecule has 2 N–H and O–H groups in total. The average molecular weight is 257 g/mol. The summed E-state index contributed by atoms with van der Waals surface area (Å²) in [6.45, 7) is 3.30. The third-order valence-corrected chi connectivity index (χ3v) is 2.70. The van der Waals surface area contributed by atoms with Crippen LogP contribution in [0, 0.1) is 0 Å². The fourth-order valence-electron chi connectivity index (χ4n) is 1.69. The minimum atomic E-state index is 0.538. The van der Waals surface area contributed by atoms with E-state index in [9.17, 15) is 0 Å². The summed E-state index contributed by atoms with van der Waals surface area (Å²) < 4.78 is 11.5. The molecule has 0 amide bonds. The summed E-state index contributed by atoms with van der Waals surface area (Å²) in [5.74, 6) is 2.29. The second-order valence-corrected chi connectivity index (χ2v) is 4.25. The summed E-state index contributed by atoms with van der Waals surface area (Å²) in [5.41, 5.74) is 6.66. The van der Waals surface area contributed by atoms with E-state index in [1.54, 1.807) is 0 Å². The Kier molecular flexibility index (Phi) is 4.81. The van der Waals surface area contributed by atoms with Crippen molar-refractivity contribution in [2.24, 2.45) is 5.73 Å².